The number of urea groups is 1. The average molecular weight is 295 g/mol. The van der Waals surface area contributed by atoms with Gasteiger partial charge in [0.05, 0.1) is 0 Å². The Kier molecular flexibility index (Phi) is 4.59. The molecule has 7 heteroatoms. The maximum Gasteiger partial charge on any atom is 0.331 e. The molecule has 0 atom stereocenters. The van der Waals surface area contributed by atoms with Gasteiger partial charge in [0.2, 0.25) is 17.7 Å². The van der Waals surface area contributed by atoms with Crippen LogP contribution in [0.15, 0.2) is 0 Å². The van der Waals surface area contributed by atoms with E-state index in [4.69, 9.17) is 0 Å². The predicted octanol–water partition coefficient (Wildman–Crippen LogP) is 0.541. The summed E-state index contributed by atoms with van der Waals surface area (Å²) in [5, 5.41) is 4.79. The highest BCUT2D eigenvalue weighted by atomic mass is 16.2. The van der Waals surface area contributed by atoms with Gasteiger partial charge in [-0.1, -0.05) is 25.7 Å². The van der Waals surface area contributed by atoms with Gasteiger partial charge in [0.25, 0.3) is 0 Å². The summed E-state index contributed by atoms with van der Waals surface area (Å²) in [7, 11) is 0. The van der Waals surface area contributed by atoms with Crippen LogP contribution < -0.4 is 10.6 Å². The van der Waals surface area contributed by atoms with E-state index in [-0.39, 0.29) is 6.54 Å². The van der Waals surface area contributed by atoms with Crippen LogP contribution in [0.5, 0.6) is 0 Å². The second-order valence-corrected chi connectivity index (χ2v) is 5.60. The lowest BCUT2D eigenvalue weighted by atomic mass is 9.77. The van der Waals surface area contributed by atoms with Crippen molar-refractivity contribution in [1.29, 1.82) is 0 Å². The van der Waals surface area contributed by atoms with E-state index in [2.05, 4.69) is 10.6 Å². The van der Waals surface area contributed by atoms with Crippen molar-refractivity contribution in [1.82, 2.24) is 15.5 Å². The quantitative estimate of drug-likeness (QED) is 0.743. The largest absolute Gasteiger partial charge is 0.355 e. The fraction of sp³-hybridized carbons (Fsp3) is 0.714. The molecule has 1 saturated carbocycles. The lowest BCUT2D eigenvalue weighted by molar-refractivity contribution is -0.154. The monoisotopic (exact) mass is 295 g/mol. The van der Waals surface area contributed by atoms with Crippen molar-refractivity contribution in [3.05, 3.63) is 0 Å². The number of imide groups is 2. The SMILES string of the molecule is CCNC(=O)CN1C(=O)NC(=O)C2(CCCCCC2)C1=O. The van der Waals surface area contributed by atoms with Crippen LogP contribution >= 0.6 is 0 Å². The van der Waals surface area contributed by atoms with E-state index >= 15 is 0 Å². The standard InChI is InChI=1S/C14H21N3O4/c1-2-15-10(18)9-17-12(20)14(11(19)16-13(17)21)7-5-3-4-6-8-14/h2-9H2,1H3,(H,15,18)(H,16,19,21). The van der Waals surface area contributed by atoms with Gasteiger partial charge in [0.1, 0.15) is 12.0 Å². The Hall–Kier alpha value is -1.92. The van der Waals surface area contributed by atoms with Gasteiger partial charge in [0, 0.05) is 6.54 Å². The maximum atomic E-state index is 12.7. The van der Waals surface area contributed by atoms with Crippen LogP contribution in [-0.4, -0.2) is 41.7 Å². The number of hydrogen-bond donors (Lipinski definition) is 2. The number of barbiturate groups is 1. The molecule has 7 nitrogen and oxygen atoms in total. The predicted molar refractivity (Wildman–Crippen MR) is 74.1 cm³/mol. The first-order chi connectivity index (χ1) is 10.0. The summed E-state index contributed by atoms with van der Waals surface area (Å²) in [5.41, 5.74) is -1.17. The van der Waals surface area contributed by atoms with Crippen molar-refractivity contribution >= 4 is 23.8 Å². The zero-order chi connectivity index (χ0) is 15.5. The van der Waals surface area contributed by atoms with Gasteiger partial charge in [-0.2, -0.15) is 0 Å². The highest BCUT2D eigenvalue weighted by Gasteiger charge is 2.53. The van der Waals surface area contributed by atoms with E-state index in [1.54, 1.807) is 6.92 Å². The van der Waals surface area contributed by atoms with Gasteiger partial charge in [-0.05, 0) is 19.8 Å². The fourth-order valence-electron chi connectivity index (χ4n) is 3.05. The molecule has 2 fully saturated rings. The molecule has 0 unspecified atom stereocenters. The molecule has 116 valence electrons. The molecule has 1 spiro atoms. The van der Waals surface area contributed by atoms with Gasteiger partial charge >= 0.3 is 6.03 Å². The van der Waals surface area contributed by atoms with E-state index in [9.17, 15) is 19.2 Å². The minimum Gasteiger partial charge on any atom is -0.355 e. The normalized spacial score (nSPS) is 22.0. The van der Waals surface area contributed by atoms with Gasteiger partial charge in [-0.25, -0.2) is 4.79 Å². The number of rotatable bonds is 3. The molecule has 0 radical (unpaired) electrons. The highest BCUT2D eigenvalue weighted by Crippen LogP contribution is 2.38. The summed E-state index contributed by atoms with van der Waals surface area (Å²) in [4.78, 5) is 49.3. The molecule has 2 N–H and O–H groups in total. The molecule has 2 rings (SSSR count). The molecule has 1 aliphatic carbocycles. The summed E-state index contributed by atoms with van der Waals surface area (Å²) in [6, 6.07) is -0.800. The second kappa shape index (κ2) is 6.24. The van der Waals surface area contributed by atoms with E-state index < -0.39 is 29.2 Å². The highest BCUT2D eigenvalue weighted by molar-refractivity contribution is 6.19. The van der Waals surface area contributed by atoms with Crippen LogP contribution in [0, 0.1) is 5.41 Å². The maximum absolute atomic E-state index is 12.7. The number of nitrogens with zero attached hydrogens (tertiary/aromatic N) is 1. The third kappa shape index (κ3) is 2.91. The Balaban J connectivity index is 2.22. The molecule has 5 amide bonds. The number of nitrogens with one attached hydrogen (secondary N) is 2. The number of carbonyl (C=O) groups is 4. The molecular formula is C14H21N3O4. The van der Waals surface area contributed by atoms with Crippen LogP contribution in [0.2, 0.25) is 0 Å². The zero-order valence-electron chi connectivity index (χ0n) is 12.2. The summed E-state index contributed by atoms with van der Waals surface area (Å²) < 4.78 is 0. The first-order valence-electron chi connectivity index (χ1n) is 7.45. The number of likely N-dealkylation sites (N-methyl/N-ethyl adjacent to an activating group) is 1. The van der Waals surface area contributed by atoms with Crippen molar-refractivity contribution in [3.8, 4) is 0 Å². The lowest BCUT2D eigenvalue weighted by Gasteiger charge is -2.38. The minimum absolute atomic E-state index is 0.340. The Labute approximate surface area is 123 Å². The van der Waals surface area contributed by atoms with Crippen molar-refractivity contribution < 1.29 is 19.2 Å². The number of amides is 5. The van der Waals surface area contributed by atoms with Crippen molar-refractivity contribution in [2.24, 2.45) is 5.41 Å². The van der Waals surface area contributed by atoms with Gasteiger partial charge in [-0.3, -0.25) is 24.6 Å². The molecular weight excluding hydrogens is 274 g/mol. The van der Waals surface area contributed by atoms with E-state index in [1.807, 2.05) is 0 Å². The first kappa shape index (κ1) is 15.5. The van der Waals surface area contributed by atoms with Crippen LogP contribution in [0.4, 0.5) is 4.79 Å². The van der Waals surface area contributed by atoms with E-state index in [1.165, 1.54) is 0 Å². The van der Waals surface area contributed by atoms with Crippen LogP contribution in [-0.2, 0) is 14.4 Å². The Morgan fingerprint density at radius 1 is 1.19 bits per heavy atom. The smallest absolute Gasteiger partial charge is 0.331 e. The summed E-state index contributed by atoms with van der Waals surface area (Å²) in [5.74, 6) is -1.44. The second-order valence-electron chi connectivity index (χ2n) is 5.60. The van der Waals surface area contributed by atoms with E-state index in [0.29, 0.717) is 19.4 Å². The number of carbonyl (C=O) groups excluding carboxylic acids is 4. The Morgan fingerprint density at radius 2 is 1.81 bits per heavy atom. The third-order valence-electron chi connectivity index (χ3n) is 4.19. The molecule has 1 saturated heterocycles. The van der Waals surface area contributed by atoms with Gasteiger partial charge in [-0.15, -0.1) is 0 Å². The summed E-state index contributed by atoms with van der Waals surface area (Å²) in [6.07, 6.45) is 4.40. The zero-order valence-corrected chi connectivity index (χ0v) is 12.2. The lowest BCUT2D eigenvalue weighted by Crippen LogP contribution is -2.65. The van der Waals surface area contributed by atoms with Crippen LogP contribution in [0.25, 0.3) is 0 Å². The molecule has 0 aromatic carbocycles. The topological polar surface area (TPSA) is 95.6 Å². The number of hydrogen-bond acceptors (Lipinski definition) is 4. The third-order valence-corrected chi connectivity index (χ3v) is 4.19. The Morgan fingerprint density at radius 3 is 2.38 bits per heavy atom. The van der Waals surface area contributed by atoms with Gasteiger partial charge in [0.15, 0.2) is 0 Å². The van der Waals surface area contributed by atoms with Crippen molar-refractivity contribution in [2.45, 2.75) is 45.4 Å². The van der Waals surface area contributed by atoms with Crippen molar-refractivity contribution in [2.75, 3.05) is 13.1 Å². The van der Waals surface area contributed by atoms with Crippen LogP contribution in [0.3, 0.4) is 0 Å². The molecule has 0 aromatic heterocycles. The Bertz CT molecular complexity index is 467. The molecule has 0 bridgehead atoms. The van der Waals surface area contributed by atoms with Crippen molar-refractivity contribution in [3.63, 3.8) is 0 Å². The first-order valence-corrected chi connectivity index (χ1v) is 7.45. The van der Waals surface area contributed by atoms with E-state index in [0.717, 1.165) is 30.6 Å². The van der Waals surface area contributed by atoms with Crippen LogP contribution in [0.1, 0.15) is 45.4 Å². The molecule has 0 aromatic rings. The fourth-order valence-corrected chi connectivity index (χ4v) is 3.05. The molecule has 1 heterocycles. The average Bonchev–Trinajstić information content (AvgIpc) is 2.69. The summed E-state index contributed by atoms with van der Waals surface area (Å²) in [6.45, 7) is 1.84. The summed E-state index contributed by atoms with van der Waals surface area (Å²) >= 11 is 0. The van der Waals surface area contributed by atoms with Gasteiger partial charge < -0.3 is 5.32 Å². The molecule has 2 aliphatic rings. The molecule has 21 heavy (non-hydrogen) atoms. The minimum atomic E-state index is -1.17. The molecule has 1 aliphatic heterocycles.